The second-order valence-corrected chi connectivity index (χ2v) is 7.61. The summed E-state index contributed by atoms with van der Waals surface area (Å²) in [5.74, 6) is -1.25. The molecule has 2 atom stereocenters. The molecule has 1 aliphatic rings. The summed E-state index contributed by atoms with van der Waals surface area (Å²) in [5.41, 5.74) is 0.371. The molecule has 31 heavy (non-hydrogen) atoms. The van der Waals surface area contributed by atoms with E-state index in [2.05, 4.69) is 9.84 Å². The standard InChI is InChI=1S/C22H21N3O6/c1-10(2)30-22(27)17-12(4)24-13(5)20(23-6)18(17)14-7-8-15(25(28)29)19-16(26)9-11(3)31-21(14)19/h7-10,18,20H,1-5H3. The van der Waals surface area contributed by atoms with Crippen LogP contribution in [0, 0.1) is 23.6 Å². The largest absolute Gasteiger partial charge is 0.461 e. The monoisotopic (exact) mass is 423 g/mol. The zero-order valence-electron chi connectivity index (χ0n) is 17.8. The fourth-order valence-electron chi connectivity index (χ4n) is 3.84. The Morgan fingerprint density at radius 2 is 2.00 bits per heavy atom. The molecule has 0 saturated carbocycles. The molecule has 2 unspecified atom stereocenters. The van der Waals surface area contributed by atoms with Crippen LogP contribution in [0.4, 0.5) is 5.69 Å². The van der Waals surface area contributed by atoms with Crippen LogP contribution in [0.3, 0.4) is 0 Å². The van der Waals surface area contributed by atoms with Gasteiger partial charge in [0.1, 0.15) is 22.6 Å². The number of carbonyl (C=O) groups excluding carboxylic acids is 1. The summed E-state index contributed by atoms with van der Waals surface area (Å²) in [6, 6.07) is 2.94. The highest BCUT2D eigenvalue weighted by atomic mass is 16.6. The van der Waals surface area contributed by atoms with E-state index in [4.69, 9.17) is 15.7 Å². The van der Waals surface area contributed by atoms with E-state index in [1.807, 2.05) is 0 Å². The Balaban J connectivity index is 2.40. The molecule has 3 rings (SSSR count). The first-order chi connectivity index (χ1) is 14.6. The third kappa shape index (κ3) is 3.84. The lowest BCUT2D eigenvalue weighted by Crippen LogP contribution is -2.33. The highest BCUT2D eigenvalue weighted by molar-refractivity contribution is 6.01. The van der Waals surface area contributed by atoms with E-state index in [-0.39, 0.29) is 22.3 Å². The van der Waals surface area contributed by atoms with Crippen LogP contribution >= 0.6 is 0 Å². The van der Waals surface area contributed by atoms with E-state index in [9.17, 15) is 19.7 Å². The number of nitro groups is 1. The van der Waals surface area contributed by atoms with Crippen molar-refractivity contribution < 1.29 is 18.9 Å². The lowest BCUT2D eigenvalue weighted by atomic mass is 9.79. The Morgan fingerprint density at radius 3 is 2.58 bits per heavy atom. The van der Waals surface area contributed by atoms with E-state index in [0.29, 0.717) is 17.0 Å². The molecule has 0 N–H and O–H groups in total. The Bertz CT molecular complexity index is 1260. The van der Waals surface area contributed by atoms with Crippen LogP contribution in [0.5, 0.6) is 0 Å². The molecule has 160 valence electrons. The van der Waals surface area contributed by atoms with E-state index in [0.717, 1.165) is 0 Å². The number of nitro benzene ring substituents is 1. The maximum absolute atomic E-state index is 13.0. The molecule has 2 aromatic rings. The number of fused-ring (bicyclic) bond motifs is 1. The molecular formula is C22H21N3O6. The first-order valence-corrected chi connectivity index (χ1v) is 9.62. The van der Waals surface area contributed by atoms with E-state index >= 15 is 0 Å². The van der Waals surface area contributed by atoms with Crippen LogP contribution < -0.4 is 5.43 Å². The zero-order chi connectivity index (χ0) is 23.0. The first-order valence-electron chi connectivity index (χ1n) is 9.62. The van der Waals surface area contributed by atoms with E-state index < -0.39 is 40.1 Å². The number of non-ortho nitro benzene ring substituents is 1. The Hall–Kier alpha value is -3.80. The molecule has 0 bridgehead atoms. The molecule has 0 amide bonds. The lowest BCUT2D eigenvalue weighted by molar-refractivity contribution is -0.383. The molecule has 1 aromatic carbocycles. The van der Waals surface area contributed by atoms with Gasteiger partial charge in [0.2, 0.25) is 0 Å². The van der Waals surface area contributed by atoms with Gasteiger partial charge in [0.15, 0.2) is 5.43 Å². The average Bonchev–Trinajstić information content (AvgIpc) is 2.65. The van der Waals surface area contributed by atoms with Crippen molar-refractivity contribution in [2.24, 2.45) is 4.99 Å². The van der Waals surface area contributed by atoms with E-state index in [1.165, 1.54) is 18.2 Å². The number of hydrogen-bond donors (Lipinski definition) is 0. The molecule has 1 aliphatic heterocycles. The van der Waals surface area contributed by atoms with Gasteiger partial charge in [-0.25, -0.2) is 11.4 Å². The van der Waals surface area contributed by atoms with Gasteiger partial charge in [-0.3, -0.25) is 19.9 Å². The van der Waals surface area contributed by atoms with Crippen LogP contribution in [0.25, 0.3) is 15.8 Å². The molecule has 0 spiro atoms. The van der Waals surface area contributed by atoms with Gasteiger partial charge in [0.05, 0.1) is 22.3 Å². The number of rotatable bonds is 4. The first kappa shape index (κ1) is 21.9. The molecule has 0 aliphatic carbocycles. The molecule has 1 aromatic heterocycles. The number of aryl methyl sites for hydroxylation is 1. The van der Waals surface area contributed by atoms with Crippen molar-refractivity contribution in [1.82, 2.24) is 0 Å². The molecular weight excluding hydrogens is 402 g/mol. The topological polar surface area (TPSA) is 116 Å². The lowest BCUT2D eigenvalue weighted by Gasteiger charge is -2.26. The fraction of sp³-hybridized carbons (Fsp3) is 0.364. The molecule has 0 radical (unpaired) electrons. The molecule has 9 nitrogen and oxygen atoms in total. The summed E-state index contributed by atoms with van der Waals surface area (Å²) in [7, 11) is 0. The summed E-state index contributed by atoms with van der Waals surface area (Å²) >= 11 is 0. The number of ether oxygens (including phenoxy) is 1. The van der Waals surface area contributed by atoms with Gasteiger partial charge in [-0.15, -0.1) is 0 Å². The average molecular weight is 423 g/mol. The molecule has 0 fully saturated rings. The van der Waals surface area contributed by atoms with Crippen molar-refractivity contribution in [3.63, 3.8) is 0 Å². The highest BCUT2D eigenvalue weighted by Crippen LogP contribution is 2.41. The van der Waals surface area contributed by atoms with Gasteiger partial charge in [0.25, 0.3) is 11.7 Å². The Morgan fingerprint density at radius 1 is 1.32 bits per heavy atom. The van der Waals surface area contributed by atoms with Crippen LogP contribution in [0.15, 0.2) is 43.7 Å². The minimum atomic E-state index is -0.867. The van der Waals surface area contributed by atoms with Gasteiger partial charge in [-0.05, 0) is 40.7 Å². The van der Waals surface area contributed by atoms with Crippen LogP contribution in [0.2, 0.25) is 0 Å². The number of hydrogen-bond acceptors (Lipinski definition) is 7. The number of aliphatic imine (C=N–C) groups is 1. The smallest absolute Gasteiger partial charge is 0.337 e. The summed E-state index contributed by atoms with van der Waals surface area (Å²) in [6.07, 6.45) is -0.402. The maximum Gasteiger partial charge on any atom is 0.337 e. The molecule has 0 saturated heterocycles. The van der Waals surface area contributed by atoms with Gasteiger partial charge in [0, 0.05) is 23.4 Å². The SMILES string of the molecule is [C-]#[N+]C1C(C)=NC(C)=C(C(=O)OC(C)C)C1c1ccc([N+](=O)[O-])c2c(=O)cc(C)oc12. The summed E-state index contributed by atoms with van der Waals surface area (Å²) in [6.45, 7) is 16.0. The van der Waals surface area contributed by atoms with Gasteiger partial charge in [-0.2, -0.15) is 0 Å². The second kappa shape index (κ2) is 8.14. The van der Waals surface area contributed by atoms with Crippen LogP contribution in [-0.2, 0) is 9.53 Å². The van der Waals surface area contributed by atoms with Crippen molar-refractivity contribution in [3.05, 3.63) is 72.5 Å². The number of esters is 1. The predicted octanol–water partition coefficient (Wildman–Crippen LogP) is 4.08. The Kier molecular flexibility index (Phi) is 5.75. The third-order valence-electron chi connectivity index (χ3n) is 5.03. The zero-order valence-corrected chi connectivity index (χ0v) is 17.8. The molecule has 2 heterocycles. The predicted molar refractivity (Wildman–Crippen MR) is 114 cm³/mol. The van der Waals surface area contributed by atoms with Crippen molar-refractivity contribution in [2.45, 2.75) is 52.7 Å². The van der Waals surface area contributed by atoms with Gasteiger partial charge < -0.3 is 14.0 Å². The fourth-order valence-corrected chi connectivity index (χ4v) is 3.84. The van der Waals surface area contributed by atoms with Crippen molar-refractivity contribution in [1.29, 1.82) is 0 Å². The summed E-state index contributed by atoms with van der Waals surface area (Å²) in [4.78, 5) is 44.5. The normalized spacial score (nSPS) is 18.7. The maximum atomic E-state index is 13.0. The summed E-state index contributed by atoms with van der Waals surface area (Å²) in [5, 5.41) is 11.3. The molecule has 9 heteroatoms. The minimum absolute atomic E-state index is 0.0183. The Labute approximate surface area is 178 Å². The third-order valence-corrected chi connectivity index (χ3v) is 5.03. The summed E-state index contributed by atoms with van der Waals surface area (Å²) < 4.78 is 11.2. The van der Waals surface area contributed by atoms with Gasteiger partial charge >= 0.3 is 5.97 Å². The highest BCUT2D eigenvalue weighted by Gasteiger charge is 2.44. The quantitative estimate of drug-likeness (QED) is 0.317. The second-order valence-electron chi connectivity index (χ2n) is 7.61. The van der Waals surface area contributed by atoms with E-state index in [1.54, 1.807) is 34.6 Å². The minimum Gasteiger partial charge on any atom is -0.461 e. The van der Waals surface area contributed by atoms with Crippen molar-refractivity contribution in [3.8, 4) is 0 Å². The van der Waals surface area contributed by atoms with Crippen LogP contribution in [-0.4, -0.2) is 28.8 Å². The number of nitrogens with zero attached hydrogens (tertiary/aromatic N) is 3. The van der Waals surface area contributed by atoms with Crippen molar-refractivity contribution >= 4 is 28.3 Å². The number of carbonyl (C=O) groups is 1. The number of allylic oxidation sites excluding steroid dienone is 1. The van der Waals surface area contributed by atoms with Crippen molar-refractivity contribution in [2.75, 3.05) is 0 Å². The number of benzene rings is 1. The van der Waals surface area contributed by atoms with Crippen LogP contribution in [0.1, 0.15) is 44.9 Å². The van der Waals surface area contributed by atoms with Gasteiger partial charge in [-0.1, -0.05) is 0 Å².